The molecule has 0 fully saturated rings. The zero-order chi connectivity index (χ0) is 9.52. The lowest BCUT2D eigenvalue weighted by Gasteiger charge is -2.03. The molecule has 0 aliphatic carbocycles. The van der Waals surface area contributed by atoms with Gasteiger partial charge in [0.15, 0.2) is 0 Å². The lowest BCUT2D eigenvalue weighted by atomic mass is 10.4. The van der Waals surface area contributed by atoms with E-state index in [9.17, 15) is 4.79 Å². The first-order valence-corrected chi connectivity index (χ1v) is 4.46. The van der Waals surface area contributed by atoms with Crippen LogP contribution in [0.25, 0.3) is 0 Å². The van der Waals surface area contributed by atoms with Crippen LogP contribution in [0.3, 0.4) is 0 Å². The molecule has 0 spiro atoms. The Morgan fingerprint density at radius 1 is 1.54 bits per heavy atom. The molecule has 1 aromatic heterocycles. The van der Waals surface area contributed by atoms with E-state index in [0.29, 0.717) is 19.0 Å². The summed E-state index contributed by atoms with van der Waals surface area (Å²) in [6.07, 6.45) is 1.56. The summed E-state index contributed by atoms with van der Waals surface area (Å²) in [7, 11) is 0. The standard InChI is InChI=1S/C8H11ClN2O2/c9-3-4-10-8(12)11-6-7-2-1-5-13-7/h1-2,5H,3-4,6H2,(H2,10,11,12). The first kappa shape index (κ1) is 9.92. The number of hydrogen-bond acceptors (Lipinski definition) is 2. The van der Waals surface area contributed by atoms with Crippen LogP contribution in [0.1, 0.15) is 5.76 Å². The fourth-order valence-corrected chi connectivity index (χ4v) is 0.898. The van der Waals surface area contributed by atoms with Crippen LogP contribution in [0.2, 0.25) is 0 Å². The Hall–Kier alpha value is -1.16. The average Bonchev–Trinajstić information content (AvgIpc) is 2.64. The van der Waals surface area contributed by atoms with Crippen LogP contribution in [0, 0.1) is 0 Å². The highest BCUT2D eigenvalue weighted by atomic mass is 35.5. The second kappa shape index (κ2) is 5.48. The summed E-state index contributed by atoms with van der Waals surface area (Å²) in [6.45, 7) is 0.854. The molecule has 1 rings (SSSR count). The minimum atomic E-state index is -0.239. The molecule has 1 aromatic rings. The van der Waals surface area contributed by atoms with Crippen LogP contribution in [-0.2, 0) is 6.54 Å². The molecule has 0 radical (unpaired) electrons. The molecule has 0 saturated heterocycles. The zero-order valence-electron chi connectivity index (χ0n) is 7.05. The van der Waals surface area contributed by atoms with Crippen molar-refractivity contribution < 1.29 is 9.21 Å². The molecule has 0 aromatic carbocycles. The van der Waals surface area contributed by atoms with Crippen LogP contribution >= 0.6 is 11.6 Å². The van der Waals surface area contributed by atoms with E-state index in [1.807, 2.05) is 0 Å². The lowest BCUT2D eigenvalue weighted by Crippen LogP contribution is -2.35. The maximum atomic E-state index is 11.0. The van der Waals surface area contributed by atoms with Gasteiger partial charge in [0.05, 0.1) is 12.8 Å². The number of urea groups is 1. The van der Waals surface area contributed by atoms with Crippen LogP contribution in [-0.4, -0.2) is 18.5 Å². The Morgan fingerprint density at radius 2 is 2.38 bits per heavy atom. The van der Waals surface area contributed by atoms with Gasteiger partial charge in [0.2, 0.25) is 0 Å². The predicted molar refractivity (Wildman–Crippen MR) is 49.7 cm³/mol. The summed E-state index contributed by atoms with van der Waals surface area (Å²) >= 11 is 5.38. The summed E-state index contributed by atoms with van der Waals surface area (Å²) in [4.78, 5) is 11.0. The minimum absolute atomic E-state index is 0.239. The summed E-state index contributed by atoms with van der Waals surface area (Å²) in [5.41, 5.74) is 0. The maximum absolute atomic E-state index is 11.0. The van der Waals surface area contributed by atoms with Crippen molar-refractivity contribution in [2.75, 3.05) is 12.4 Å². The SMILES string of the molecule is O=C(NCCCl)NCc1ccco1. The molecule has 72 valence electrons. The summed E-state index contributed by atoms with van der Waals surface area (Å²) in [6, 6.07) is 3.33. The van der Waals surface area contributed by atoms with Crippen molar-refractivity contribution in [2.24, 2.45) is 0 Å². The van der Waals surface area contributed by atoms with Crippen molar-refractivity contribution >= 4 is 17.6 Å². The largest absolute Gasteiger partial charge is 0.467 e. The Bertz CT molecular complexity index is 249. The van der Waals surface area contributed by atoms with Gasteiger partial charge in [0, 0.05) is 12.4 Å². The van der Waals surface area contributed by atoms with Crippen LogP contribution < -0.4 is 10.6 Å². The van der Waals surface area contributed by atoms with E-state index in [0.717, 1.165) is 5.76 Å². The van der Waals surface area contributed by atoms with Gasteiger partial charge in [-0.05, 0) is 12.1 Å². The molecule has 0 unspecified atom stereocenters. The first-order chi connectivity index (χ1) is 6.33. The highest BCUT2D eigenvalue weighted by Gasteiger charge is 1.99. The number of hydrogen-bond donors (Lipinski definition) is 2. The van der Waals surface area contributed by atoms with Crippen molar-refractivity contribution in [3.63, 3.8) is 0 Å². The normalized spacial score (nSPS) is 9.62. The van der Waals surface area contributed by atoms with E-state index in [1.54, 1.807) is 18.4 Å². The Balaban J connectivity index is 2.15. The third-order valence-corrected chi connectivity index (χ3v) is 1.57. The van der Waals surface area contributed by atoms with Gasteiger partial charge in [0.25, 0.3) is 0 Å². The van der Waals surface area contributed by atoms with Gasteiger partial charge >= 0.3 is 6.03 Å². The quantitative estimate of drug-likeness (QED) is 0.724. The van der Waals surface area contributed by atoms with Gasteiger partial charge in [0.1, 0.15) is 5.76 Å². The third-order valence-electron chi connectivity index (χ3n) is 1.38. The highest BCUT2D eigenvalue weighted by Crippen LogP contribution is 1.97. The lowest BCUT2D eigenvalue weighted by molar-refractivity contribution is 0.240. The molecule has 13 heavy (non-hydrogen) atoms. The second-order valence-electron chi connectivity index (χ2n) is 2.38. The molecule has 0 aliphatic rings. The number of carbonyl (C=O) groups excluding carboxylic acids is 1. The van der Waals surface area contributed by atoms with Gasteiger partial charge in [-0.25, -0.2) is 4.79 Å². The molecule has 0 atom stereocenters. The number of furan rings is 1. The number of rotatable bonds is 4. The van der Waals surface area contributed by atoms with E-state index >= 15 is 0 Å². The van der Waals surface area contributed by atoms with Crippen molar-refractivity contribution in [2.45, 2.75) is 6.54 Å². The molecule has 2 amide bonds. The van der Waals surface area contributed by atoms with Crippen LogP contribution in [0.5, 0.6) is 0 Å². The monoisotopic (exact) mass is 202 g/mol. The number of alkyl halides is 1. The Morgan fingerprint density at radius 3 is 3.00 bits per heavy atom. The summed E-state index contributed by atoms with van der Waals surface area (Å²) < 4.78 is 5.02. The van der Waals surface area contributed by atoms with Crippen LogP contribution in [0.15, 0.2) is 22.8 Å². The second-order valence-corrected chi connectivity index (χ2v) is 2.76. The van der Waals surface area contributed by atoms with Crippen molar-refractivity contribution in [1.82, 2.24) is 10.6 Å². The smallest absolute Gasteiger partial charge is 0.315 e. The number of nitrogens with one attached hydrogen (secondary N) is 2. The van der Waals surface area contributed by atoms with Crippen molar-refractivity contribution in [1.29, 1.82) is 0 Å². The number of amides is 2. The average molecular weight is 203 g/mol. The van der Waals surface area contributed by atoms with Gasteiger partial charge in [-0.1, -0.05) is 0 Å². The van der Waals surface area contributed by atoms with Crippen molar-refractivity contribution in [3.8, 4) is 0 Å². The van der Waals surface area contributed by atoms with Crippen molar-refractivity contribution in [3.05, 3.63) is 24.2 Å². The fraction of sp³-hybridized carbons (Fsp3) is 0.375. The Labute approximate surface area is 81.3 Å². The molecule has 2 N–H and O–H groups in total. The van der Waals surface area contributed by atoms with Crippen LogP contribution in [0.4, 0.5) is 4.79 Å². The molecule has 0 bridgehead atoms. The van der Waals surface area contributed by atoms with Gasteiger partial charge in [-0.15, -0.1) is 11.6 Å². The molecule has 5 heteroatoms. The highest BCUT2D eigenvalue weighted by molar-refractivity contribution is 6.18. The molecular formula is C8H11ClN2O2. The van der Waals surface area contributed by atoms with E-state index in [2.05, 4.69) is 10.6 Å². The maximum Gasteiger partial charge on any atom is 0.315 e. The topological polar surface area (TPSA) is 54.3 Å². The van der Waals surface area contributed by atoms with Gasteiger partial charge in [-0.3, -0.25) is 0 Å². The predicted octanol–water partition coefficient (Wildman–Crippen LogP) is 1.32. The van der Waals surface area contributed by atoms with Gasteiger partial charge in [-0.2, -0.15) is 0 Å². The first-order valence-electron chi connectivity index (χ1n) is 3.93. The fourth-order valence-electron chi connectivity index (χ4n) is 0.804. The number of halogens is 1. The summed E-state index contributed by atoms with van der Waals surface area (Å²) in [5.74, 6) is 1.13. The molecule has 0 aliphatic heterocycles. The number of carbonyl (C=O) groups is 1. The molecule has 1 heterocycles. The van der Waals surface area contributed by atoms with E-state index in [4.69, 9.17) is 16.0 Å². The molecular weight excluding hydrogens is 192 g/mol. The van der Waals surface area contributed by atoms with E-state index in [1.165, 1.54) is 0 Å². The van der Waals surface area contributed by atoms with E-state index < -0.39 is 0 Å². The van der Waals surface area contributed by atoms with Gasteiger partial charge < -0.3 is 15.1 Å². The summed E-state index contributed by atoms with van der Waals surface area (Å²) in [5, 5.41) is 5.19. The molecule has 4 nitrogen and oxygen atoms in total. The Kier molecular flexibility index (Phi) is 4.18. The third kappa shape index (κ3) is 3.85. The minimum Gasteiger partial charge on any atom is -0.467 e. The molecule has 0 saturated carbocycles. The zero-order valence-corrected chi connectivity index (χ0v) is 7.80. The van der Waals surface area contributed by atoms with E-state index in [-0.39, 0.29) is 6.03 Å².